The number of benzene rings is 2. The van der Waals surface area contributed by atoms with Crippen LogP contribution in [0.3, 0.4) is 0 Å². The van der Waals surface area contributed by atoms with Crippen LogP contribution in [0.5, 0.6) is 11.5 Å². The topological polar surface area (TPSA) is 76.2 Å². The van der Waals surface area contributed by atoms with Gasteiger partial charge in [-0.15, -0.1) is 0 Å². The highest BCUT2D eigenvalue weighted by atomic mass is 16.7. The molecule has 2 aliphatic rings. The van der Waals surface area contributed by atoms with Gasteiger partial charge in [-0.05, 0) is 42.2 Å². The second-order valence-electron chi connectivity index (χ2n) is 8.05. The number of imide groups is 1. The maximum absolute atomic E-state index is 13.4. The van der Waals surface area contributed by atoms with Crippen LogP contribution in [0.2, 0.25) is 0 Å². The third kappa shape index (κ3) is 3.51. The molecule has 0 aliphatic carbocycles. The maximum atomic E-state index is 13.4. The van der Waals surface area contributed by atoms with E-state index in [0.29, 0.717) is 35.6 Å². The van der Waals surface area contributed by atoms with Gasteiger partial charge in [-0.25, -0.2) is 0 Å². The van der Waals surface area contributed by atoms with Crippen LogP contribution in [-0.4, -0.2) is 47.4 Å². The zero-order valence-electron chi connectivity index (χ0n) is 17.3. The number of ether oxygens (including phenoxy) is 2. The van der Waals surface area contributed by atoms with Crippen molar-refractivity contribution < 1.29 is 23.9 Å². The maximum Gasteiger partial charge on any atom is 0.262 e. The molecule has 2 aromatic carbocycles. The van der Waals surface area contributed by atoms with Gasteiger partial charge >= 0.3 is 0 Å². The van der Waals surface area contributed by atoms with Crippen molar-refractivity contribution in [2.75, 3.05) is 13.8 Å². The molecule has 2 aliphatic heterocycles. The van der Waals surface area contributed by atoms with Crippen LogP contribution in [0.1, 0.15) is 46.5 Å². The monoisotopic (exact) mass is 408 g/mol. The number of nitrogens with zero attached hydrogens (tertiary/aromatic N) is 2. The highest BCUT2D eigenvalue weighted by Gasteiger charge is 2.43. The molecule has 1 atom stereocenters. The Bertz CT molecular complexity index is 981. The summed E-state index contributed by atoms with van der Waals surface area (Å²) < 4.78 is 10.7. The molecule has 2 aromatic rings. The molecule has 0 bridgehead atoms. The molecule has 0 radical (unpaired) electrons. The van der Waals surface area contributed by atoms with Crippen molar-refractivity contribution in [2.45, 2.75) is 32.9 Å². The quantitative estimate of drug-likeness (QED) is 0.687. The van der Waals surface area contributed by atoms with E-state index in [1.54, 1.807) is 36.2 Å². The number of likely N-dealkylation sites (N-methyl/N-ethyl adjacent to an activating group) is 1. The Kier molecular flexibility index (Phi) is 5.20. The highest BCUT2D eigenvalue weighted by Crippen LogP contribution is 2.33. The minimum absolute atomic E-state index is 0.127. The largest absolute Gasteiger partial charge is 0.454 e. The van der Waals surface area contributed by atoms with Crippen molar-refractivity contribution in [2.24, 2.45) is 5.92 Å². The molecule has 7 nitrogen and oxygen atoms in total. The Labute approximate surface area is 175 Å². The first kappa shape index (κ1) is 19.9. The molecule has 2 heterocycles. The number of rotatable bonds is 6. The van der Waals surface area contributed by atoms with Gasteiger partial charge < -0.3 is 14.4 Å². The highest BCUT2D eigenvalue weighted by molar-refractivity contribution is 6.22. The van der Waals surface area contributed by atoms with Crippen molar-refractivity contribution in [3.63, 3.8) is 0 Å². The summed E-state index contributed by atoms with van der Waals surface area (Å²) in [6.45, 7) is 4.45. The molecule has 0 spiro atoms. The van der Waals surface area contributed by atoms with E-state index in [1.165, 1.54) is 0 Å². The molecule has 0 saturated carbocycles. The summed E-state index contributed by atoms with van der Waals surface area (Å²) in [5.74, 6) is 0.360. The number of hydrogen-bond donors (Lipinski definition) is 0. The lowest BCUT2D eigenvalue weighted by Gasteiger charge is -2.30. The van der Waals surface area contributed by atoms with Gasteiger partial charge in [0, 0.05) is 13.6 Å². The van der Waals surface area contributed by atoms with Gasteiger partial charge in [-0.3, -0.25) is 19.3 Å². The van der Waals surface area contributed by atoms with E-state index in [0.717, 1.165) is 10.5 Å². The Morgan fingerprint density at radius 1 is 1.03 bits per heavy atom. The first-order valence-corrected chi connectivity index (χ1v) is 9.97. The van der Waals surface area contributed by atoms with E-state index in [-0.39, 0.29) is 18.6 Å². The first-order valence-electron chi connectivity index (χ1n) is 9.97. The smallest absolute Gasteiger partial charge is 0.262 e. The molecule has 0 aromatic heterocycles. The molecule has 0 unspecified atom stereocenters. The fraction of sp³-hybridized carbons (Fsp3) is 0.348. The van der Waals surface area contributed by atoms with E-state index in [9.17, 15) is 14.4 Å². The van der Waals surface area contributed by atoms with Crippen molar-refractivity contribution in [1.29, 1.82) is 0 Å². The number of amides is 3. The van der Waals surface area contributed by atoms with Gasteiger partial charge in [0.15, 0.2) is 11.5 Å². The van der Waals surface area contributed by atoms with Gasteiger partial charge in [0.25, 0.3) is 11.8 Å². The Morgan fingerprint density at radius 2 is 1.67 bits per heavy atom. The Morgan fingerprint density at radius 3 is 2.30 bits per heavy atom. The molecular formula is C23H24N2O5. The predicted molar refractivity (Wildman–Crippen MR) is 109 cm³/mol. The van der Waals surface area contributed by atoms with Crippen molar-refractivity contribution >= 4 is 17.7 Å². The molecule has 0 N–H and O–H groups in total. The summed E-state index contributed by atoms with van der Waals surface area (Å²) in [5.41, 5.74) is 1.57. The molecule has 4 rings (SSSR count). The van der Waals surface area contributed by atoms with E-state index in [1.807, 2.05) is 32.0 Å². The summed E-state index contributed by atoms with van der Waals surface area (Å²) in [5, 5.41) is 0. The van der Waals surface area contributed by atoms with Crippen LogP contribution >= 0.6 is 0 Å². The summed E-state index contributed by atoms with van der Waals surface area (Å²) >= 11 is 0. The predicted octanol–water partition coefficient (Wildman–Crippen LogP) is 3.08. The minimum atomic E-state index is -0.851. The lowest BCUT2D eigenvalue weighted by atomic mass is 10.0. The Balaban J connectivity index is 1.57. The van der Waals surface area contributed by atoms with E-state index in [4.69, 9.17) is 9.47 Å². The van der Waals surface area contributed by atoms with E-state index in [2.05, 4.69) is 0 Å². The van der Waals surface area contributed by atoms with Crippen LogP contribution in [0.25, 0.3) is 0 Å². The average Bonchev–Trinajstić information content (AvgIpc) is 3.28. The molecule has 3 amide bonds. The normalized spacial score (nSPS) is 15.5. The zero-order valence-corrected chi connectivity index (χ0v) is 17.3. The summed E-state index contributed by atoms with van der Waals surface area (Å²) in [6, 6.07) is 11.4. The summed E-state index contributed by atoms with van der Waals surface area (Å²) in [4.78, 5) is 41.9. The van der Waals surface area contributed by atoms with Crippen molar-refractivity contribution in [1.82, 2.24) is 9.80 Å². The van der Waals surface area contributed by atoms with E-state index < -0.39 is 17.9 Å². The van der Waals surface area contributed by atoms with Crippen LogP contribution in [0, 0.1) is 5.92 Å². The fourth-order valence-electron chi connectivity index (χ4n) is 3.90. The SMILES string of the molecule is CC(C)C[C@@H](C(=O)N(C)Cc1ccc2c(c1)OCO2)N1C(=O)c2ccccc2C1=O. The van der Waals surface area contributed by atoms with Gasteiger partial charge in [-0.1, -0.05) is 32.0 Å². The number of fused-ring (bicyclic) bond motifs is 2. The number of carbonyl (C=O) groups is 3. The van der Waals surface area contributed by atoms with Crippen LogP contribution < -0.4 is 9.47 Å². The van der Waals surface area contributed by atoms with Crippen LogP contribution in [0.4, 0.5) is 0 Å². The van der Waals surface area contributed by atoms with Gasteiger partial charge in [0.2, 0.25) is 12.7 Å². The molecule has 7 heteroatoms. The summed E-state index contributed by atoms with van der Waals surface area (Å²) in [6.07, 6.45) is 0.399. The molecule has 30 heavy (non-hydrogen) atoms. The number of hydrogen-bond acceptors (Lipinski definition) is 5. The lowest BCUT2D eigenvalue weighted by molar-refractivity contribution is -0.135. The van der Waals surface area contributed by atoms with Crippen molar-refractivity contribution in [3.8, 4) is 11.5 Å². The molecule has 0 saturated heterocycles. The third-order valence-electron chi connectivity index (χ3n) is 5.35. The standard InChI is InChI=1S/C23H24N2O5/c1-14(2)10-18(25-21(26)16-6-4-5-7-17(16)22(25)27)23(28)24(3)12-15-8-9-19-20(11-15)30-13-29-19/h4-9,11,14,18H,10,12-13H2,1-3H3/t18-/m0/s1. The van der Waals surface area contributed by atoms with Crippen LogP contribution in [-0.2, 0) is 11.3 Å². The Hall–Kier alpha value is -3.35. The van der Waals surface area contributed by atoms with Gasteiger partial charge in [0.1, 0.15) is 6.04 Å². The average molecular weight is 408 g/mol. The number of carbonyl (C=O) groups excluding carboxylic acids is 3. The molecule has 0 fully saturated rings. The summed E-state index contributed by atoms with van der Waals surface area (Å²) in [7, 11) is 1.68. The molecule has 156 valence electrons. The first-order chi connectivity index (χ1) is 14.4. The van der Waals surface area contributed by atoms with Crippen LogP contribution in [0.15, 0.2) is 42.5 Å². The van der Waals surface area contributed by atoms with Gasteiger partial charge in [0.05, 0.1) is 11.1 Å². The minimum Gasteiger partial charge on any atom is -0.454 e. The van der Waals surface area contributed by atoms with Gasteiger partial charge in [-0.2, -0.15) is 0 Å². The molecular weight excluding hydrogens is 384 g/mol. The van der Waals surface area contributed by atoms with Crippen molar-refractivity contribution in [3.05, 3.63) is 59.2 Å². The second kappa shape index (κ2) is 7.82. The zero-order chi connectivity index (χ0) is 21.4. The third-order valence-corrected chi connectivity index (χ3v) is 5.35. The van der Waals surface area contributed by atoms with E-state index >= 15 is 0 Å². The fourth-order valence-corrected chi connectivity index (χ4v) is 3.90. The second-order valence-corrected chi connectivity index (χ2v) is 8.05. The lowest BCUT2D eigenvalue weighted by Crippen LogP contribution is -2.50.